The standard InChI is InChI=1S/C11H20O/c1-7(2)10-6-9(5)12-11(10)8(3)4/h7-9H,6H2,1-5H3/t9-/m1/s1. The van der Waals surface area contributed by atoms with Gasteiger partial charge < -0.3 is 4.74 Å². The molecule has 0 N–H and O–H groups in total. The number of ether oxygens (including phenoxy) is 1. The van der Waals surface area contributed by atoms with Gasteiger partial charge in [-0.2, -0.15) is 0 Å². The fourth-order valence-corrected chi connectivity index (χ4v) is 1.77. The summed E-state index contributed by atoms with van der Waals surface area (Å²) in [5.74, 6) is 2.44. The molecule has 1 aliphatic heterocycles. The van der Waals surface area contributed by atoms with Crippen LogP contribution >= 0.6 is 0 Å². The van der Waals surface area contributed by atoms with Gasteiger partial charge in [0.05, 0.1) is 11.9 Å². The van der Waals surface area contributed by atoms with Crippen molar-refractivity contribution in [3.05, 3.63) is 11.3 Å². The van der Waals surface area contributed by atoms with Gasteiger partial charge in [-0.25, -0.2) is 0 Å². The molecule has 1 aliphatic rings. The third-order valence-corrected chi connectivity index (χ3v) is 2.37. The van der Waals surface area contributed by atoms with E-state index in [0.717, 1.165) is 6.42 Å². The zero-order valence-electron chi connectivity index (χ0n) is 8.85. The Balaban J connectivity index is 2.81. The monoisotopic (exact) mass is 168 g/mol. The molecule has 0 saturated carbocycles. The van der Waals surface area contributed by atoms with E-state index in [-0.39, 0.29) is 0 Å². The Morgan fingerprint density at radius 3 is 2.08 bits per heavy atom. The average molecular weight is 168 g/mol. The second-order valence-electron chi connectivity index (χ2n) is 4.33. The van der Waals surface area contributed by atoms with E-state index in [1.807, 2.05) is 0 Å². The van der Waals surface area contributed by atoms with Crippen LogP contribution in [0.2, 0.25) is 0 Å². The second kappa shape index (κ2) is 3.51. The van der Waals surface area contributed by atoms with Gasteiger partial charge in [0.15, 0.2) is 0 Å². The van der Waals surface area contributed by atoms with Crippen LogP contribution in [0.15, 0.2) is 11.3 Å². The van der Waals surface area contributed by atoms with Crippen LogP contribution in [0.5, 0.6) is 0 Å². The molecule has 0 fully saturated rings. The lowest BCUT2D eigenvalue weighted by Gasteiger charge is -2.12. The highest BCUT2D eigenvalue weighted by Crippen LogP contribution is 2.33. The Morgan fingerprint density at radius 1 is 1.17 bits per heavy atom. The smallest absolute Gasteiger partial charge is 0.0993 e. The normalized spacial score (nSPS) is 24.1. The van der Waals surface area contributed by atoms with E-state index in [1.165, 1.54) is 11.3 Å². The summed E-state index contributed by atoms with van der Waals surface area (Å²) < 4.78 is 5.78. The van der Waals surface area contributed by atoms with Gasteiger partial charge in [0.25, 0.3) is 0 Å². The number of hydrogen-bond acceptors (Lipinski definition) is 1. The summed E-state index contributed by atoms with van der Waals surface area (Å²) in [6.45, 7) is 11.1. The van der Waals surface area contributed by atoms with Gasteiger partial charge in [-0.15, -0.1) is 0 Å². The SMILES string of the molecule is CC(C)C1=C(C(C)C)O[C@H](C)C1. The maximum Gasteiger partial charge on any atom is 0.0993 e. The quantitative estimate of drug-likeness (QED) is 0.614. The summed E-state index contributed by atoms with van der Waals surface area (Å²) in [6.07, 6.45) is 1.53. The summed E-state index contributed by atoms with van der Waals surface area (Å²) in [6, 6.07) is 0. The van der Waals surface area contributed by atoms with Crippen molar-refractivity contribution in [2.24, 2.45) is 11.8 Å². The van der Waals surface area contributed by atoms with Crippen molar-refractivity contribution >= 4 is 0 Å². The maximum atomic E-state index is 5.78. The Morgan fingerprint density at radius 2 is 1.75 bits per heavy atom. The Labute approximate surface area is 75.8 Å². The van der Waals surface area contributed by atoms with E-state index in [4.69, 9.17) is 4.74 Å². The van der Waals surface area contributed by atoms with Crippen molar-refractivity contribution < 1.29 is 4.74 Å². The van der Waals surface area contributed by atoms with Gasteiger partial charge in [-0.05, 0) is 18.4 Å². The summed E-state index contributed by atoms with van der Waals surface area (Å²) in [5.41, 5.74) is 1.53. The molecule has 1 nitrogen and oxygen atoms in total. The van der Waals surface area contributed by atoms with Gasteiger partial charge in [0.2, 0.25) is 0 Å². The third-order valence-electron chi connectivity index (χ3n) is 2.37. The molecule has 0 aromatic rings. The lowest BCUT2D eigenvalue weighted by atomic mass is 9.95. The van der Waals surface area contributed by atoms with E-state index >= 15 is 0 Å². The first kappa shape index (κ1) is 9.63. The summed E-state index contributed by atoms with van der Waals surface area (Å²) in [4.78, 5) is 0. The van der Waals surface area contributed by atoms with Crippen molar-refractivity contribution in [3.63, 3.8) is 0 Å². The molecule has 0 unspecified atom stereocenters. The summed E-state index contributed by atoms with van der Waals surface area (Å²) in [5, 5.41) is 0. The largest absolute Gasteiger partial charge is 0.494 e. The molecule has 1 heteroatoms. The highest BCUT2D eigenvalue weighted by Gasteiger charge is 2.25. The van der Waals surface area contributed by atoms with Crippen LogP contribution in [0.4, 0.5) is 0 Å². The predicted octanol–water partition coefficient (Wildman–Crippen LogP) is 3.36. The van der Waals surface area contributed by atoms with Crippen LogP contribution in [0, 0.1) is 11.8 Å². The van der Waals surface area contributed by atoms with Crippen LogP contribution in [0.3, 0.4) is 0 Å². The number of rotatable bonds is 2. The van der Waals surface area contributed by atoms with Crippen molar-refractivity contribution in [1.29, 1.82) is 0 Å². The number of hydrogen-bond donors (Lipinski definition) is 0. The zero-order chi connectivity index (χ0) is 9.30. The van der Waals surface area contributed by atoms with E-state index in [0.29, 0.717) is 17.9 Å². The first-order valence-electron chi connectivity index (χ1n) is 4.92. The molecule has 0 radical (unpaired) electrons. The first-order valence-corrected chi connectivity index (χ1v) is 4.92. The molecular formula is C11H20O. The molecule has 12 heavy (non-hydrogen) atoms. The predicted molar refractivity (Wildman–Crippen MR) is 51.9 cm³/mol. The molecule has 1 heterocycles. The van der Waals surface area contributed by atoms with Crippen molar-refractivity contribution in [2.45, 2.75) is 47.1 Å². The molecule has 0 bridgehead atoms. The molecule has 70 valence electrons. The lowest BCUT2D eigenvalue weighted by Crippen LogP contribution is -2.01. The molecule has 0 aromatic heterocycles. The summed E-state index contributed by atoms with van der Waals surface area (Å²) >= 11 is 0. The molecule has 0 saturated heterocycles. The summed E-state index contributed by atoms with van der Waals surface area (Å²) in [7, 11) is 0. The van der Waals surface area contributed by atoms with Crippen molar-refractivity contribution in [2.75, 3.05) is 0 Å². The van der Waals surface area contributed by atoms with Gasteiger partial charge in [-0.1, -0.05) is 27.7 Å². The van der Waals surface area contributed by atoms with Crippen LogP contribution in [0.25, 0.3) is 0 Å². The van der Waals surface area contributed by atoms with Crippen LogP contribution in [-0.4, -0.2) is 6.10 Å². The number of allylic oxidation sites excluding steroid dienone is 1. The van der Waals surface area contributed by atoms with Gasteiger partial charge in [-0.3, -0.25) is 0 Å². The van der Waals surface area contributed by atoms with E-state index in [1.54, 1.807) is 0 Å². The molecule has 1 rings (SSSR count). The van der Waals surface area contributed by atoms with Gasteiger partial charge in [0, 0.05) is 12.3 Å². The molecule has 0 spiro atoms. The maximum absolute atomic E-state index is 5.78. The highest BCUT2D eigenvalue weighted by atomic mass is 16.5. The molecule has 0 aromatic carbocycles. The van der Waals surface area contributed by atoms with Gasteiger partial charge in [0.1, 0.15) is 0 Å². The van der Waals surface area contributed by atoms with E-state index < -0.39 is 0 Å². The third kappa shape index (κ3) is 1.82. The Bertz CT molecular complexity index is 169. The lowest BCUT2D eigenvalue weighted by molar-refractivity contribution is 0.140. The molecule has 1 atom stereocenters. The fourth-order valence-electron chi connectivity index (χ4n) is 1.77. The zero-order valence-corrected chi connectivity index (χ0v) is 8.85. The molecular weight excluding hydrogens is 148 g/mol. The minimum absolute atomic E-state index is 0.403. The van der Waals surface area contributed by atoms with Crippen LogP contribution in [0.1, 0.15) is 41.0 Å². The molecule has 0 amide bonds. The minimum atomic E-state index is 0.403. The van der Waals surface area contributed by atoms with Crippen LogP contribution in [-0.2, 0) is 4.74 Å². The highest BCUT2D eigenvalue weighted by molar-refractivity contribution is 5.18. The Kier molecular flexibility index (Phi) is 2.81. The van der Waals surface area contributed by atoms with Gasteiger partial charge >= 0.3 is 0 Å². The Hall–Kier alpha value is -0.460. The second-order valence-corrected chi connectivity index (χ2v) is 4.33. The first-order chi connectivity index (χ1) is 5.52. The van der Waals surface area contributed by atoms with Crippen molar-refractivity contribution in [3.8, 4) is 0 Å². The minimum Gasteiger partial charge on any atom is -0.494 e. The van der Waals surface area contributed by atoms with E-state index in [9.17, 15) is 0 Å². The average Bonchev–Trinajstić information content (AvgIpc) is 2.31. The van der Waals surface area contributed by atoms with Crippen LogP contribution < -0.4 is 0 Å². The van der Waals surface area contributed by atoms with E-state index in [2.05, 4.69) is 34.6 Å². The molecule has 0 aliphatic carbocycles. The topological polar surface area (TPSA) is 9.23 Å². The fraction of sp³-hybridized carbons (Fsp3) is 0.818. The van der Waals surface area contributed by atoms with Crippen molar-refractivity contribution in [1.82, 2.24) is 0 Å².